The minimum atomic E-state index is -5.67. The number of aliphatic carboxylic acids is 1. The van der Waals surface area contributed by atoms with Crippen LogP contribution in [0.25, 0.3) is 0 Å². The van der Waals surface area contributed by atoms with Gasteiger partial charge in [0, 0.05) is 0 Å². The van der Waals surface area contributed by atoms with Gasteiger partial charge in [-0.15, -0.1) is 0 Å². The average Bonchev–Trinajstić information content (AvgIpc) is 2.43. The molecule has 0 fully saturated rings. The third-order valence-electron chi connectivity index (χ3n) is 2.11. The van der Waals surface area contributed by atoms with Gasteiger partial charge in [0.05, 0.1) is 6.61 Å². The van der Waals surface area contributed by atoms with Gasteiger partial charge in [-0.05, 0) is 48.5 Å². The van der Waals surface area contributed by atoms with E-state index in [1.807, 2.05) is 0 Å². The number of carbonyl (C=O) groups is 2. The number of alkyl halides is 6. The van der Waals surface area contributed by atoms with Gasteiger partial charge >= 0.3 is 27.6 Å². The summed E-state index contributed by atoms with van der Waals surface area (Å²) in [6.45, 7) is 6.85. The monoisotopic (exact) mass is 464 g/mol. The van der Waals surface area contributed by atoms with E-state index in [0.717, 1.165) is 27.7 Å². The molecule has 29 heavy (non-hydrogen) atoms. The molecule has 0 unspecified atom stereocenters. The molecular weight excluding hydrogens is 438 g/mol. The van der Waals surface area contributed by atoms with Crippen molar-refractivity contribution in [2.24, 2.45) is 0 Å². The van der Waals surface area contributed by atoms with Crippen molar-refractivity contribution in [3.63, 3.8) is 0 Å². The zero-order valence-corrected chi connectivity index (χ0v) is 17.8. The maximum absolute atomic E-state index is 12.6. The van der Waals surface area contributed by atoms with Gasteiger partial charge in [-0.2, -0.15) is 21.6 Å². The van der Waals surface area contributed by atoms with Crippen LogP contribution in [0, 0.1) is 0 Å². The predicted octanol–water partition coefficient (Wildman–Crippen LogP) is 3.72. The highest BCUT2D eigenvalue weighted by Crippen LogP contribution is 2.25. The smallest absolute Gasteiger partial charge is 0.479 e. The standard InChI is InChI=1S/C6H11FO2.C5H8F4O3S.C4H7FO2/c1-4-9-5(8)6(2,3)7;1-4(2,6)3-12-13(10,11)5(7,8)9;1-4(2,5)3(6)7/h4H2,1-3H3;3H2,1-2H3;1-2H3,(H,6,7). The van der Waals surface area contributed by atoms with Gasteiger partial charge in [0.25, 0.3) is 0 Å². The Kier molecular flexibility index (Phi) is 12.8. The zero-order valence-electron chi connectivity index (χ0n) is 17.0. The van der Waals surface area contributed by atoms with Gasteiger partial charge in [-0.3, -0.25) is 4.18 Å². The van der Waals surface area contributed by atoms with Gasteiger partial charge in [0.2, 0.25) is 11.3 Å². The van der Waals surface area contributed by atoms with E-state index in [-0.39, 0.29) is 6.61 Å². The molecule has 0 spiro atoms. The van der Waals surface area contributed by atoms with Crippen LogP contribution >= 0.6 is 0 Å². The fraction of sp³-hybridized carbons (Fsp3) is 0.867. The normalized spacial score (nSPS) is 12.7. The molecule has 176 valence electrons. The number of carboxylic acid groups (broad SMARTS) is 1. The molecule has 0 aromatic rings. The largest absolute Gasteiger partial charge is 0.523 e. The molecule has 0 aliphatic rings. The minimum absolute atomic E-state index is 0.228. The lowest BCUT2D eigenvalue weighted by molar-refractivity contribution is -0.154. The molecule has 0 saturated heterocycles. The molecule has 1 N–H and O–H groups in total. The van der Waals surface area contributed by atoms with E-state index < -0.39 is 51.2 Å². The Morgan fingerprint density at radius 3 is 1.34 bits per heavy atom. The second-order valence-corrected chi connectivity index (χ2v) is 8.46. The van der Waals surface area contributed by atoms with Crippen LogP contribution in [0.3, 0.4) is 0 Å². The first kappa shape index (κ1) is 32.1. The summed E-state index contributed by atoms with van der Waals surface area (Å²) >= 11 is 0. The van der Waals surface area contributed by atoms with E-state index in [4.69, 9.17) is 5.11 Å². The van der Waals surface area contributed by atoms with E-state index in [1.54, 1.807) is 6.92 Å². The summed E-state index contributed by atoms with van der Waals surface area (Å²) in [6, 6.07) is 0. The highest BCUT2D eigenvalue weighted by atomic mass is 32.2. The second-order valence-electron chi connectivity index (χ2n) is 6.85. The van der Waals surface area contributed by atoms with Crippen LogP contribution in [0.1, 0.15) is 48.5 Å². The number of hydrogen-bond donors (Lipinski definition) is 1. The maximum atomic E-state index is 12.6. The number of ether oxygens (including phenoxy) is 1. The predicted molar refractivity (Wildman–Crippen MR) is 90.8 cm³/mol. The molecule has 0 heterocycles. The molecule has 0 aromatic carbocycles. The number of hydrogen-bond acceptors (Lipinski definition) is 6. The van der Waals surface area contributed by atoms with Gasteiger partial charge in [-0.1, -0.05) is 0 Å². The first-order valence-corrected chi connectivity index (χ1v) is 9.22. The van der Waals surface area contributed by atoms with Crippen molar-refractivity contribution in [1.29, 1.82) is 0 Å². The molecule has 0 bridgehead atoms. The van der Waals surface area contributed by atoms with Crippen LogP contribution < -0.4 is 0 Å². The molecule has 0 aliphatic carbocycles. The highest BCUT2D eigenvalue weighted by molar-refractivity contribution is 7.87. The Morgan fingerprint density at radius 2 is 1.21 bits per heavy atom. The number of rotatable bonds is 6. The van der Waals surface area contributed by atoms with E-state index in [1.165, 1.54) is 13.8 Å². The Balaban J connectivity index is -0.000000370. The quantitative estimate of drug-likeness (QED) is 0.276. The lowest BCUT2D eigenvalue weighted by Gasteiger charge is -2.14. The van der Waals surface area contributed by atoms with E-state index in [2.05, 4.69) is 8.92 Å². The summed E-state index contributed by atoms with van der Waals surface area (Å²) in [4.78, 5) is 20.1. The first-order chi connectivity index (χ1) is 12.4. The summed E-state index contributed by atoms with van der Waals surface area (Å²) in [6.07, 6.45) is 0. The van der Waals surface area contributed by atoms with E-state index >= 15 is 0 Å². The molecule has 7 nitrogen and oxygen atoms in total. The molecular formula is C15H26F6O7S. The molecule has 0 radical (unpaired) electrons. The maximum Gasteiger partial charge on any atom is 0.523 e. The molecule has 0 atom stereocenters. The lowest BCUT2D eigenvalue weighted by Crippen LogP contribution is -2.31. The molecule has 0 aliphatic heterocycles. The first-order valence-electron chi connectivity index (χ1n) is 7.81. The Labute approximate surface area is 165 Å². The Bertz CT molecular complexity index is 611. The van der Waals surface area contributed by atoms with Crippen LogP contribution in [-0.4, -0.2) is 61.2 Å². The van der Waals surface area contributed by atoms with Crippen LogP contribution in [0.5, 0.6) is 0 Å². The van der Waals surface area contributed by atoms with Crippen LogP contribution in [0.4, 0.5) is 26.3 Å². The fourth-order valence-electron chi connectivity index (χ4n) is 0.587. The third kappa shape index (κ3) is 18.2. The minimum Gasteiger partial charge on any atom is -0.479 e. The third-order valence-corrected chi connectivity index (χ3v) is 3.11. The number of carbonyl (C=O) groups excluding carboxylic acids is 1. The highest BCUT2D eigenvalue weighted by Gasteiger charge is 2.48. The SMILES string of the molecule is CC(C)(F)C(=O)O.CC(C)(F)COS(=O)(=O)C(F)(F)F.CCOC(=O)C(C)(C)F. The van der Waals surface area contributed by atoms with E-state index in [9.17, 15) is 44.3 Å². The van der Waals surface area contributed by atoms with Crippen molar-refractivity contribution >= 4 is 22.1 Å². The average molecular weight is 464 g/mol. The van der Waals surface area contributed by atoms with Gasteiger partial charge in [0.1, 0.15) is 12.3 Å². The number of esters is 1. The second kappa shape index (κ2) is 11.6. The summed E-state index contributed by atoms with van der Waals surface area (Å²) in [5.41, 5.74) is -11.6. The van der Waals surface area contributed by atoms with Crippen molar-refractivity contribution in [3.05, 3.63) is 0 Å². The summed E-state index contributed by atoms with van der Waals surface area (Å²) < 4.78 is 99.9. The van der Waals surface area contributed by atoms with Gasteiger partial charge in [-0.25, -0.2) is 22.8 Å². The summed E-state index contributed by atoms with van der Waals surface area (Å²) in [5, 5.41) is 7.88. The van der Waals surface area contributed by atoms with Gasteiger partial charge < -0.3 is 9.84 Å². The van der Waals surface area contributed by atoms with Crippen LogP contribution in [0.15, 0.2) is 0 Å². The molecule has 0 amide bonds. The Morgan fingerprint density at radius 1 is 0.862 bits per heavy atom. The topological polar surface area (TPSA) is 107 Å². The Hall–Kier alpha value is -1.57. The fourth-order valence-corrected chi connectivity index (χ4v) is 1.16. The van der Waals surface area contributed by atoms with Crippen molar-refractivity contribution in [2.75, 3.05) is 13.2 Å². The molecule has 0 aromatic heterocycles. The van der Waals surface area contributed by atoms with Crippen molar-refractivity contribution in [1.82, 2.24) is 0 Å². The zero-order chi connectivity index (χ0) is 24.5. The number of halogens is 6. The van der Waals surface area contributed by atoms with E-state index in [0.29, 0.717) is 0 Å². The number of carboxylic acids is 1. The molecule has 0 rings (SSSR count). The summed E-state index contributed by atoms with van der Waals surface area (Å²) in [7, 11) is -5.67. The molecule has 14 heteroatoms. The van der Waals surface area contributed by atoms with Crippen molar-refractivity contribution < 1.29 is 58.4 Å². The van der Waals surface area contributed by atoms with Crippen LogP contribution in [-0.2, 0) is 28.6 Å². The van der Waals surface area contributed by atoms with Crippen LogP contribution in [0.2, 0.25) is 0 Å². The van der Waals surface area contributed by atoms with Crippen molar-refractivity contribution in [2.45, 2.75) is 71.0 Å². The molecule has 0 saturated carbocycles. The van der Waals surface area contributed by atoms with Gasteiger partial charge in [0.15, 0.2) is 0 Å². The lowest BCUT2D eigenvalue weighted by atomic mass is 10.2. The van der Waals surface area contributed by atoms with Crippen molar-refractivity contribution in [3.8, 4) is 0 Å². The summed E-state index contributed by atoms with van der Waals surface area (Å²) in [5.74, 6) is -2.22.